The zero-order valence-corrected chi connectivity index (χ0v) is 20.3. The van der Waals surface area contributed by atoms with E-state index in [1.165, 1.54) is 12.3 Å². The summed E-state index contributed by atoms with van der Waals surface area (Å²) in [6.07, 6.45) is 2.63. The summed E-state index contributed by atoms with van der Waals surface area (Å²) in [5.41, 5.74) is 0.0471. The highest BCUT2D eigenvalue weighted by Gasteiger charge is 2.50. The number of benzene rings is 1. The van der Waals surface area contributed by atoms with Crippen molar-refractivity contribution >= 4 is 23.6 Å². The molecule has 1 aromatic carbocycles. The third-order valence-corrected chi connectivity index (χ3v) is 7.27. The molecular weight excluding hydrogens is 474 g/mol. The SMILES string of the molecule is COCCc1ccc(Cl)c(CN(C(=O)C2CN(C(=O)O)CCC2(O)c2cc[nH]c(=O)c2)C2CC2)c1. The average molecular weight is 504 g/mol. The summed E-state index contributed by atoms with van der Waals surface area (Å²) in [6, 6.07) is 8.51. The molecule has 3 N–H and O–H groups in total. The second-order valence-electron chi connectivity index (χ2n) is 9.26. The van der Waals surface area contributed by atoms with Crippen LogP contribution in [0.4, 0.5) is 4.79 Å². The van der Waals surface area contributed by atoms with Gasteiger partial charge in [0.1, 0.15) is 5.60 Å². The van der Waals surface area contributed by atoms with E-state index in [4.69, 9.17) is 16.3 Å². The zero-order valence-electron chi connectivity index (χ0n) is 19.6. The molecule has 0 bridgehead atoms. The Morgan fingerprint density at radius 1 is 1.29 bits per heavy atom. The van der Waals surface area contributed by atoms with Gasteiger partial charge >= 0.3 is 6.09 Å². The third kappa shape index (κ3) is 5.52. The summed E-state index contributed by atoms with van der Waals surface area (Å²) in [4.78, 5) is 43.1. The first kappa shape index (κ1) is 25.2. The van der Waals surface area contributed by atoms with Gasteiger partial charge in [-0.1, -0.05) is 23.7 Å². The van der Waals surface area contributed by atoms with Crippen LogP contribution in [-0.4, -0.2) is 69.8 Å². The Morgan fingerprint density at radius 3 is 2.71 bits per heavy atom. The Kier molecular flexibility index (Phi) is 7.49. The number of carbonyl (C=O) groups excluding carboxylic acids is 1. The number of pyridine rings is 1. The van der Waals surface area contributed by atoms with Gasteiger partial charge in [0.15, 0.2) is 0 Å². The van der Waals surface area contributed by atoms with Crippen molar-refractivity contribution < 1.29 is 24.5 Å². The van der Waals surface area contributed by atoms with Gasteiger partial charge in [0.05, 0.1) is 12.5 Å². The Balaban J connectivity index is 1.67. The van der Waals surface area contributed by atoms with Crippen molar-refractivity contribution in [1.82, 2.24) is 14.8 Å². The molecule has 35 heavy (non-hydrogen) atoms. The first-order chi connectivity index (χ1) is 16.7. The van der Waals surface area contributed by atoms with Crippen molar-refractivity contribution in [3.63, 3.8) is 0 Å². The molecule has 2 aromatic rings. The molecule has 2 heterocycles. The van der Waals surface area contributed by atoms with Crippen LogP contribution in [0.5, 0.6) is 0 Å². The number of likely N-dealkylation sites (tertiary alicyclic amines) is 1. The lowest BCUT2D eigenvalue weighted by Gasteiger charge is -2.44. The summed E-state index contributed by atoms with van der Waals surface area (Å²) in [7, 11) is 1.64. The normalized spacial score (nSPS) is 22.1. The molecule has 1 saturated carbocycles. The van der Waals surface area contributed by atoms with Crippen molar-refractivity contribution in [3.8, 4) is 0 Å². The Hall–Kier alpha value is -2.88. The average Bonchev–Trinajstić information content (AvgIpc) is 3.67. The lowest BCUT2D eigenvalue weighted by atomic mass is 9.75. The molecule has 2 aliphatic rings. The van der Waals surface area contributed by atoms with Gasteiger partial charge in [-0.2, -0.15) is 0 Å². The van der Waals surface area contributed by atoms with Crippen LogP contribution in [0.15, 0.2) is 41.3 Å². The Morgan fingerprint density at radius 2 is 2.06 bits per heavy atom. The third-order valence-electron chi connectivity index (χ3n) is 6.90. The molecular formula is C25H30ClN3O6. The number of methoxy groups -OCH3 is 1. The molecule has 1 aliphatic carbocycles. The largest absolute Gasteiger partial charge is 0.465 e. The van der Waals surface area contributed by atoms with E-state index < -0.39 is 23.2 Å². The van der Waals surface area contributed by atoms with Gasteiger partial charge in [0.25, 0.3) is 0 Å². The van der Waals surface area contributed by atoms with E-state index in [9.17, 15) is 24.6 Å². The fraction of sp³-hybridized carbons (Fsp3) is 0.480. The van der Waals surface area contributed by atoms with Crippen molar-refractivity contribution in [1.29, 1.82) is 0 Å². The number of piperidine rings is 1. The van der Waals surface area contributed by atoms with Crippen LogP contribution in [0, 0.1) is 5.92 Å². The molecule has 2 amide bonds. The van der Waals surface area contributed by atoms with Crippen molar-refractivity contribution in [2.24, 2.45) is 5.92 Å². The van der Waals surface area contributed by atoms with E-state index in [0.29, 0.717) is 23.6 Å². The summed E-state index contributed by atoms with van der Waals surface area (Å²) >= 11 is 6.48. The molecule has 1 aromatic heterocycles. The maximum atomic E-state index is 14.0. The highest BCUT2D eigenvalue weighted by Crippen LogP contribution is 2.41. The molecule has 188 valence electrons. The number of H-pyrrole nitrogens is 1. The number of hydrogen-bond donors (Lipinski definition) is 3. The molecule has 0 spiro atoms. The number of carbonyl (C=O) groups is 2. The van der Waals surface area contributed by atoms with Crippen LogP contribution in [0.1, 0.15) is 36.0 Å². The van der Waals surface area contributed by atoms with Gasteiger partial charge in [-0.15, -0.1) is 0 Å². The van der Waals surface area contributed by atoms with E-state index in [0.717, 1.165) is 28.9 Å². The lowest BCUT2D eigenvalue weighted by Crippen LogP contribution is -2.57. The van der Waals surface area contributed by atoms with E-state index >= 15 is 0 Å². The topological polar surface area (TPSA) is 123 Å². The van der Waals surface area contributed by atoms with Gasteiger partial charge < -0.3 is 29.7 Å². The number of aromatic nitrogens is 1. The Bertz CT molecular complexity index is 1150. The molecule has 9 nitrogen and oxygen atoms in total. The summed E-state index contributed by atoms with van der Waals surface area (Å²) < 4.78 is 5.16. The fourth-order valence-electron chi connectivity index (χ4n) is 4.74. The number of ether oxygens (including phenoxy) is 1. The molecule has 1 aliphatic heterocycles. The minimum atomic E-state index is -1.67. The highest BCUT2D eigenvalue weighted by molar-refractivity contribution is 6.31. The number of amides is 2. The van der Waals surface area contributed by atoms with Gasteiger partial charge in [-0.05, 0) is 54.5 Å². The molecule has 2 atom stereocenters. The fourth-order valence-corrected chi connectivity index (χ4v) is 4.92. The number of carboxylic acid groups (broad SMARTS) is 1. The smallest absolute Gasteiger partial charge is 0.407 e. The zero-order chi connectivity index (χ0) is 25.2. The predicted molar refractivity (Wildman–Crippen MR) is 129 cm³/mol. The maximum absolute atomic E-state index is 14.0. The second-order valence-corrected chi connectivity index (χ2v) is 9.67. The lowest BCUT2D eigenvalue weighted by molar-refractivity contribution is -0.154. The Labute approximate surface area is 208 Å². The molecule has 4 rings (SSSR count). The first-order valence-corrected chi connectivity index (χ1v) is 12.1. The van der Waals surface area contributed by atoms with E-state index in [-0.39, 0.29) is 38.0 Å². The van der Waals surface area contributed by atoms with Crippen LogP contribution >= 0.6 is 11.6 Å². The monoisotopic (exact) mass is 503 g/mol. The number of nitrogens with zero attached hydrogens (tertiary/aromatic N) is 2. The van der Waals surface area contributed by atoms with Gasteiger partial charge in [-0.25, -0.2) is 4.79 Å². The number of aliphatic hydroxyl groups is 1. The van der Waals surface area contributed by atoms with Crippen LogP contribution < -0.4 is 5.56 Å². The van der Waals surface area contributed by atoms with Crippen molar-refractivity contribution in [2.75, 3.05) is 26.8 Å². The summed E-state index contributed by atoms with van der Waals surface area (Å²) in [6.45, 7) is 0.697. The van der Waals surface area contributed by atoms with Crippen LogP contribution in [-0.2, 0) is 28.1 Å². The van der Waals surface area contributed by atoms with E-state index in [1.807, 2.05) is 12.1 Å². The predicted octanol–water partition coefficient (Wildman–Crippen LogP) is 2.60. The maximum Gasteiger partial charge on any atom is 0.407 e. The highest BCUT2D eigenvalue weighted by atomic mass is 35.5. The second kappa shape index (κ2) is 10.4. The minimum Gasteiger partial charge on any atom is -0.465 e. The molecule has 0 radical (unpaired) electrons. The van der Waals surface area contributed by atoms with Gasteiger partial charge in [-0.3, -0.25) is 9.59 Å². The van der Waals surface area contributed by atoms with Crippen LogP contribution in [0.3, 0.4) is 0 Å². The standard InChI is InChI=1S/C25H30ClN3O6/c1-35-11-7-16-2-5-21(26)17(12-16)14-29(19-3-4-19)23(31)20-15-28(24(32)33)10-8-25(20,34)18-6-9-27-22(30)13-18/h2,5-6,9,12-13,19-20,34H,3-4,7-8,10-11,14-15H2,1H3,(H,27,30)(H,32,33). The molecule has 10 heteroatoms. The first-order valence-electron chi connectivity index (χ1n) is 11.7. The molecule has 2 fully saturated rings. The van der Waals surface area contributed by atoms with Crippen molar-refractivity contribution in [3.05, 3.63) is 68.6 Å². The number of nitrogens with one attached hydrogen (secondary N) is 1. The van der Waals surface area contributed by atoms with E-state index in [1.54, 1.807) is 24.1 Å². The number of aromatic amines is 1. The van der Waals surface area contributed by atoms with Crippen LogP contribution in [0.25, 0.3) is 0 Å². The molecule has 1 saturated heterocycles. The quantitative estimate of drug-likeness (QED) is 0.509. The van der Waals surface area contributed by atoms with Crippen molar-refractivity contribution in [2.45, 2.75) is 43.9 Å². The summed E-state index contributed by atoms with van der Waals surface area (Å²) in [5, 5.41) is 21.9. The van der Waals surface area contributed by atoms with Gasteiger partial charge in [0, 0.05) is 50.1 Å². The number of halogens is 1. The minimum absolute atomic E-state index is 0.00489. The summed E-state index contributed by atoms with van der Waals surface area (Å²) in [5.74, 6) is -1.41. The number of rotatable bonds is 8. The van der Waals surface area contributed by atoms with E-state index in [2.05, 4.69) is 4.98 Å². The van der Waals surface area contributed by atoms with Crippen LogP contribution in [0.2, 0.25) is 5.02 Å². The molecule has 2 unspecified atom stereocenters. The number of hydrogen-bond acceptors (Lipinski definition) is 5. The van der Waals surface area contributed by atoms with Gasteiger partial charge in [0.2, 0.25) is 11.5 Å².